The monoisotopic (exact) mass is 512 g/mol. The van der Waals surface area contributed by atoms with Gasteiger partial charge in [-0.05, 0) is 56.5 Å². The summed E-state index contributed by atoms with van der Waals surface area (Å²) in [6.45, 7) is 8.11. The molecule has 0 saturated heterocycles. The van der Waals surface area contributed by atoms with Crippen LogP contribution in [0, 0.1) is 0 Å². The Morgan fingerprint density at radius 1 is 1.12 bits per heavy atom. The number of likely N-dealkylation sites (N-methyl/N-ethyl adjacent to an activating group) is 1. The number of benzene rings is 2. The van der Waals surface area contributed by atoms with Crippen LogP contribution in [0.15, 0.2) is 60.2 Å². The van der Waals surface area contributed by atoms with Crippen LogP contribution >= 0.6 is 24.0 Å². The van der Waals surface area contributed by atoms with Crippen molar-refractivity contribution in [1.82, 2.24) is 9.62 Å². The summed E-state index contributed by atoms with van der Waals surface area (Å²) in [5.41, 5.74) is 1.31. The lowest BCUT2D eigenvalue weighted by Crippen LogP contribution is -2.45. The molecule has 0 saturated carbocycles. The molecule has 0 fully saturated rings. The average molecular weight is 513 g/mol. The van der Waals surface area contributed by atoms with Gasteiger partial charge in [0.2, 0.25) is 10.0 Å². The predicted octanol–water partition coefficient (Wildman–Crippen LogP) is 4.64. The second kappa shape index (κ2) is 11.0. The molecule has 0 aliphatic carbocycles. The molecule has 6 nitrogen and oxygen atoms in total. The van der Waals surface area contributed by atoms with Crippen LogP contribution in [0.1, 0.15) is 38.8 Å². The van der Waals surface area contributed by atoms with Gasteiger partial charge in [-0.1, -0.05) is 54.1 Å². The molecule has 1 atom stereocenters. The quantitative estimate of drug-likeness (QED) is 0.558. The number of nitrogens with one attached hydrogen (secondary N) is 1. The second-order valence-electron chi connectivity index (χ2n) is 8.34. The largest absolute Gasteiger partial charge is 0.364 e. The number of sulfonamides is 1. The molecule has 1 N–H and O–H groups in total. The minimum atomic E-state index is -3.74. The van der Waals surface area contributed by atoms with Crippen molar-refractivity contribution in [1.29, 1.82) is 0 Å². The summed E-state index contributed by atoms with van der Waals surface area (Å²) in [4.78, 5) is 15.0. The standard InChI is InChI=1S/C24H29ClN2O4S.ClH/c1-5-27(23(28)17(2)31-16-18-9-7-6-8-10-18)15-21-22(19-11-13-20(25)14-12-19)32(29,30)26-24(21,3)4;/h6-14,17,26H,5,15-16H2,1-4H3;1H. The van der Waals surface area contributed by atoms with Crippen molar-refractivity contribution < 1.29 is 17.9 Å². The van der Waals surface area contributed by atoms with Gasteiger partial charge in [-0.15, -0.1) is 12.4 Å². The minimum Gasteiger partial charge on any atom is -0.364 e. The number of rotatable bonds is 8. The maximum Gasteiger partial charge on any atom is 0.251 e. The lowest BCUT2D eigenvalue weighted by molar-refractivity contribution is -0.142. The number of amides is 1. The number of nitrogens with zero attached hydrogens (tertiary/aromatic N) is 1. The van der Waals surface area contributed by atoms with Crippen molar-refractivity contribution in [3.63, 3.8) is 0 Å². The normalized spacial score (nSPS) is 17.4. The molecular weight excluding hydrogens is 483 g/mol. The van der Waals surface area contributed by atoms with E-state index in [-0.39, 0.29) is 29.8 Å². The smallest absolute Gasteiger partial charge is 0.251 e. The fourth-order valence-electron chi connectivity index (χ4n) is 3.75. The number of carbonyl (C=O) groups is 1. The van der Waals surface area contributed by atoms with E-state index in [9.17, 15) is 13.2 Å². The lowest BCUT2D eigenvalue weighted by Gasteiger charge is -2.30. The fraction of sp³-hybridized carbons (Fsp3) is 0.375. The zero-order valence-corrected chi connectivity index (χ0v) is 21.6. The number of hydrogen-bond acceptors (Lipinski definition) is 4. The van der Waals surface area contributed by atoms with Crippen molar-refractivity contribution in [2.75, 3.05) is 13.1 Å². The van der Waals surface area contributed by atoms with Gasteiger partial charge in [-0.3, -0.25) is 4.79 Å². The molecule has 9 heteroatoms. The van der Waals surface area contributed by atoms with Crippen LogP contribution in [-0.2, 0) is 26.2 Å². The number of ether oxygens (including phenoxy) is 1. The molecule has 2 aromatic rings. The van der Waals surface area contributed by atoms with E-state index in [2.05, 4.69) is 4.72 Å². The first-order valence-electron chi connectivity index (χ1n) is 10.5. The summed E-state index contributed by atoms with van der Waals surface area (Å²) in [7, 11) is -3.74. The Bertz CT molecular complexity index is 1100. The molecule has 0 spiro atoms. The first-order valence-corrected chi connectivity index (χ1v) is 12.4. The Hall–Kier alpha value is -1.90. The second-order valence-corrected chi connectivity index (χ2v) is 10.4. The SMILES string of the molecule is CCN(CC1=C(c2ccc(Cl)cc2)S(=O)(=O)NC1(C)C)C(=O)C(C)OCc1ccccc1.Cl. The van der Waals surface area contributed by atoms with Gasteiger partial charge in [0, 0.05) is 18.1 Å². The zero-order chi connectivity index (χ0) is 23.5. The molecule has 1 aliphatic rings. The molecule has 0 aromatic heterocycles. The zero-order valence-electron chi connectivity index (χ0n) is 19.2. The number of hydrogen-bond donors (Lipinski definition) is 1. The van der Waals surface area contributed by atoms with Crippen LogP contribution in [0.3, 0.4) is 0 Å². The van der Waals surface area contributed by atoms with Crippen LogP contribution in [0.25, 0.3) is 4.91 Å². The van der Waals surface area contributed by atoms with Crippen LogP contribution in [0.2, 0.25) is 5.02 Å². The molecule has 1 amide bonds. The predicted molar refractivity (Wildman–Crippen MR) is 135 cm³/mol. The molecule has 1 unspecified atom stereocenters. The van der Waals surface area contributed by atoms with Crippen LogP contribution < -0.4 is 4.72 Å². The highest BCUT2D eigenvalue weighted by Crippen LogP contribution is 2.38. The number of carbonyl (C=O) groups excluding carboxylic acids is 1. The van der Waals surface area contributed by atoms with Gasteiger partial charge in [0.05, 0.1) is 17.1 Å². The molecule has 1 heterocycles. The van der Waals surface area contributed by atoms with E-state index >= 15 is 0 Å². The fourth-order valence-corrected chi connectivity index (χ4v) is 5.87. The van der Waals surface area contributed by atoms with Crippen LogP contribution in [0.5, 0.6) is 0 Å². The van der Waals surface area contributed by atoms with E-state index in [1.165, 1.54) is 0 Å². The van der Waals surface area contributed by atoms with Gasteiger partial charge in [-0.2, -0.15) is 0 Å². The van der Waals surface area contributed by atoms with Crippen molar-refractivity contribution in [2.45, 2.75) is 45.9 Å². The Balaban J connectivity index is 0.00000385. The minimum absolute atomic E-state index is 0. The third-order valence-electron chi connectivity index (χ3n) is 5.53. The van der Waals surface area contributed by atoms with Crippen molar-refractivity contribution in [3.8, 4) is 0 Å². The summed E-state index contributed by atoms with van der Waals surface area (Å²) in [6, 6.07) is 16.3. The third kappa shape index (κ3) is 6.37. The maximum atomic E-state index is 13.1. The molecule has 0 bridgehead atoms. The highest BCUT2D eigenvalue weighted by atomic mass is 35.5. The van der Waals surface area contributed by atoms with Gasteiger partial charge in [-0.25, -0.2) is 13.1 Å². The highest BCUT2D eigenvalue weighted by Gasteiger charge is 2.43. The van der Waals surface area contributed by atoms with Gasteiger partial charge in [0.25, 0.3) is 5.91 Å². The van der Waals surface area contributed by atoms with E-state index in [1.807, 2.05) is 37.3 Å². The van der Waals surface area contributed by atoms with Gasteiger partial charge >= 0.3 is 0 Å². The lowest BCUT2D eigenvalue weighted by atomic mass is 9.92. The summed E-state index contributed by atoms with van der Waals surface area (Å²) >= 11 is 5.99. The first-order chi connectivity index (χ1) is 15.0. The Morgan fingerprint density at radius 3 is 2.30 bits per heavy atom. The molecule has 0 radical (unpaired) electrons. The summed E-state index contributed by atoms with van der Waals surface area (Å²) < 4.78 is 34.5. The average Bonchev–Trinajstić information content (AvgIpc) is 2.93. The van der Waals surface area contributed by atoms with E-state index in [4.69, 9.17) is 16.3 Å². The number of halogens is 2. The van der Waals surface area contributed by atoms with E-state index in [1.54, 1.807) is 49.9 Å². The van der Waals surface area contributed by atoms with Crippen molar-refractivity contribution in [2.24, 2.45) is 0 Å². The first kappa shape index (κ1) is 27.3. The summed E-state index contributed by atoms with van der Waals surface area (Å²) in [5.74, 6) is -0.188. The summed E-state index contributed by atoms with van der Waals surface area (Å²) in [6.07, 6.45) is -0.663. The Labute approximate surface area is 207 Å². The maximum absolute atomic E-state index is 13.1. The topological polar surface area (TPSA) is 75.7 Å². The van der Waals surface area contributed by atoms with Gasteiger partial charge in [0.15, 0.2) is 0 Å². The van der Waals surface area contributed by atoms with E-state index in [0.717, 1.165) is 5.56 Å². The van der Waals surface area contributed by atoms with Gasteiger partial charge in [0.1, 0.15) is 6.10 Å². The van der Waals surface area contributed by atoms with Crippen LogP contribution in [0.4, 0.5) is 0 Å². The van der Waals surface area contributed by atoms with Crippen molar-refractivity contribution >= 4 is 44.8 Å². The molecule has 180 valence electrons. The van der Waals surface area contributed by atoms with Gasteiger partial charge < -0.3 is 9.64 Å². The Kier molecular flexibility index (Phi) is 9.13. The molecule has 1 aliphatic heterocycles. The van der Waals surface area contributed by atoms with Crippen molar-refractivity contribution in [3.05, 3.63) is 76.3 Å². The molecule has 3 rings (SSSR count). The molecule has 2 aromatic carbocycles. The molecule has 33 heavy (non-hydrogen) atoms. The third-order valence-corrected chi connectivity index (χ3v) is 7.58. The Morgan fingerprint density at radius 2 is 1.73 bits per heavy atom. The highest BCUT2D eigenvalue weighted by molar-refractivity contribution is 7.99. The molecular formula is C24H30Cl2N2O4S. The van der Waals surface area contributed by atoms with E-state index in [0.29, 0.717) is 29.3 Å². The van der Waals surface area contributed by atoms with Crippen LogP contribution in [-0.4, -0.2) is 44.0 Å². The summed E-state index contributed by atoms with van der Waals surface area (Å²) in [5, 5.41) is 0.522. The van der Waals surface area contributed by atoms with E-state index < -0.39 is 21.7 Å².